The van der Waals surface area contributed by atoms with Gasteiger partial charge in [0.15, 0.2) is 0 Å². The molecule has 0 saturated heterocycles. The highest BCUT2D eigenvalue weighted by Gasteiger charge is 2.27. The predicted molar refractivity (Wildman–Crippen MR) is 91.8 cm³/mol. The van der Waals surface area contributed by atoms with Crippen LogP contribution in [0.2, 0.25) is 0 Å². The fourth-order valence-electron chi connectivity index (χ4n) is 2.16. The molecule has 2 aromatic carbocycles. The minimum atomic E-state index is -4.21. The van der Waals surface area contributed by atoms with Crippen LogP contribution in [-0.4, -0.2) is 33.1 Å². The number of benzene rings is 2. The van der Waals surface area contributed by atoms with E-state index in [9.17, 15) is 18.1 Å². The molecule has 25 heavy (non-hydrogen) atoms. The fourth-order valence-corrected chi connectivity index (χ4v) is 3.60. The summed E-state index contributed by atoms with van der Waals surface area (Å²) in [4.78, 5) is 21.8. The lowest BCUT2D eigenvalue weighted by Crippen LogP contribution is -2.35. The third-order valence-corrected chi connectivity index (χ3v) is 5.28. The molecule has 0 amide bonds. The number of carboxylic acids is 1. The molecule has 2 aromatic rings. The van der Waals surface area contributed by atoms with Crippen LogP contribution in [0.5, 0.6) is 5.75 Å². The zero-order valence-electron chi connectivity index (χ0n) is 13.5. The number of aryl methyl sites for hydroxylation is 1. The summed E-state index contributed by atoms with van der Waals surface area (Å²) in [5, 5.41) is 11.9. The van der Waals surface area contributed by atoms with Crippen LogP contribution in [0.25, 0.3) is 0 Å². The Balaban J connectivity index is 2.55. The van der Waals surface area contributed by atoms with Crippen molar-refractivity contribution in [2.45, 2.75) is 11.8 Å². The van der Waals surface area contributed by atoms with Gasteiger partial charge in [-0.15, -0.1) is 4.91 Å². The van der Waals surface area contributed by atoms with Crippen LogP contribution >= 0.6 is 0 Å². The van der Waals surface area contributed by atoms with E-state index in [1.54, 1.807) is 6.92 Å². The molecule has 0 atom stereocenters. The van der Waals surface area contributed by atoms with Crippen molar-refractivity contribution in [1.82, 2.24) is 0 Å². The molecule has 0 aromatic heterocycles. The van der Waals surface area contributed by atoms with Gasteiger partial charge in [0, 0.05) is 0 Å². The van der Waals surface area contributed by atoms with E-state index in [1.807, 2.05) is 0 Å². The molecule has 0 bridgehead atoms. The van der Waals surface area contributed by atoms with Gasteiger partial charge in [0.1, 0.15) is 18.0 Å². The van der Waals surface area contributed by atoms with Crippen LogP contribution in [0.3, 0.4) is 0 Å². The molecule has 0 aliphatic carbocycles. The van der Waals surface area contributed by atoms with E-state index in [4.69, 9.17) is 9.84 Å². The molecular formula is C16H16N2O6S. The molecule has 132 valence electrons. The summed E-state index contributed by atoms with van der Waals surface area (Å²) in [5.41, 5.74) is 0.652. The highest BCUT2D eigenvalue weighted by atomic mass is 32.2. The normalized spacial score (nSPS) is 11.0. The number of nitrogens with zero attached hydrogens (tertiary/aromatic N) is 2. The van der Waals surface area contributed by atoms with Gasteiger partial charge in [0.25, 0.3) is 10.0 Å². The van der Waals surface area contributed by atoms with Crippen molar-refractivity contribution >= 4 is 27.4 Å². The molecule has 0 aliphatic heterocycles. The lowest BCUT2D eigenvalue weighted by molar-refractivity contribution is -0.135. The number of nitroso groups, excluding NO2 is 1. The number of sulfonamides is 1. The lowest BCUT2D eigenvalue weighted by atomic mass is 10.2. The molecule has 1 N–H and O–H groups in total. The summed E-state index contributed by atoms with van der Waals surface area (Å²) in [6.07, 6.45) is 0. The van der Waals surface area contributed by atoms with Gasteiger partial charge >= 0.3 is 5.97 Å². The quantitative estimate of drug-likeness (QED) is 0.756. The van der Waals surface area contributed by atoms with Gasteiger partial charge in [-0.2, -0.15) is 0 Å². The highest BCUT2D eigenvalue weighted by molar-refractivity contribution is 7.92. The summed E-state index contributed by atoms with van der Waals surface area (Å²) in [7, 11) is -2.75. The van der Waals surface area contributed by atoms with Crippen molar-refractivity contribution in [3.63, 3.8) is 0 Å². The summed E-state index contributed by atoms with van der Waals surface area (Å²) in [6, 6.07) is 9.78. The van der Waals surface area contributed by atoms with E-state index in [1.165, 1.54) is 43.5 Å². The number of anilines is 1. The minimum absolute atomic E-state index is 0.0221. The van der Waals surface area contributed by atoms with Gasteiger partial charge in [0.2, 0.25) is 0 Å². The third-order valence-electron chi connectivity index (χ3n) is 3.51. The van der Waals surface area contributed by atoms with Crippen LogP contribution < -0.4 is 9.04 Å². The number of aliphatic carboxylic acids is 1. The number of hydrogen-bond acceptors (Lipinski definition) is 6. The largest absolute Gasteiger partial charge is 0.497 e. The monoisotopic (exact) mass is 364 g/mol. The summed E-state index contributed by atoms with van der Waals surface area (Å²) in [5.74, 6) is -0.820. The Morgan fingerprint density at radius 3 is 2.36 bits per heavy atom. The van der Waals surface area contributed by atoms with E-state index < -0.39 is 22.5 Å². The number of rotatable bonds is 7. The van der Waals surface area contributed by atoms with E-state index >= 15 is 0 Å². The number of ether oxygens (including phenoxy) is 1. The van der Waals surface area contributed by atoms with Gasteiger partial charge in [-0.1, -0.05) is 6.07 Å². The number of carbonyl (C=O) groups is 1. The Labute approximate surface area is 144 Å². The van der Waals surface area contributed by atoms with Gasteiger partial charge in [-0.25, -0.2) is 8.42 Å². The predicted octanol–water partition coefficient (Wildman–Crippen LogP) is 2.68. The third kappa shape index (κ3) is 3.94. The fraction of sp³-hybridized carbons (Fsp3) is 0.188. The number of carboxylic acid groups (broad SMARTS) is 1. The first-order valence-corrected chi connectivity index (χ1v) is 8.56. The van der Waals surface area contributed by atoms with E-state index in [2.05, 4.69) is 5.18 Å². The standard InChI is InChI=1S/C16H16N2O6S/c1-11-3-8-14(9-15(11)17-21)25(22,23)18(10-16(19)20)12-4-6-13(24-2)7-5-12/h3-9H,10H2,1-2H3,(H,19,20). The molecule has 0 radical (unpaired) electrons. The van der Waals surface area contributed by atoms with Crippen molar-refractivity contribution in [2.75, 3.05) is 18.0 Å². The second-order valence-electron chi connectivity index (χ2n) is 5.14. The second kappa shape index (κ2) is 7.31. The highest BCUT2D eigenvalue weighted by Crippen LogP contribution is 2.29. The van der Waals surface area contributed by atoms with Crippen LogP contribution in [0.4, 0.5) is 11.4 Å². The maximum atomic E-state index is 12.9. The first-order valence-electron chi connectivity index (χ1n) is 7.12. The summed E-state index contributed by atoms with van der Waals surface area (Å²) < 4.78 is 31.5. The van der Waals surface area contributed by atoms with Gasteiger partial charge in [0.05, 0.1) is 17.7 Å². The zero-order chi connectivity index (χ0) is 18.6. The van der Waals surface area contributed by atoms with Gasteiger partial charge in [-0.05, 0) is 54.1 Å². The van der Waals surface area contributed by atoms with Crippen molar-refractivity contribution < 1.29 is 23.1 Å². The average Bonchev–Trinajstić information content (AvgIpc) is 2.59. The molecule has 9 heteroatoms. The second-order valence-corrected chi connectivity index (χ2v) is 7.01. The Morgan fingerprint density at radius 2 is 1.84 bits per heavy atom. The van der Waals surface area contributed by atoms with Crippen LogP contribution in [0.1, 0.15) is 5.56 Å². The van der Waals surface area contributed by atoms with Crippen molar-refractivity contribution in [1.29, 1.82) is 0 Å². The Morgan fingerprint density at radius 1 is 1.20 bits per heavy atom. The number of methoxy groups -OCH3 is 1. The van der Waals surface area contributed by atoms with Crippen molar-refractivity contribution in [3.05, 3.63) is 52.9 Å². The van der Waals surface area contributed by atoms with Crippen molar-refractivity contribution in [3.8, 4) is 5.75 Å². The maximum absolute atomic E-state index is 12.9. The number of hydrogen-bond donors (Lipinski definition) is 1. The van der Waals surface area contributed by atoms with Crippen LogP contribution in [0.15, 0.2) is 52.5 Å². The summed E-state index contributed by atoms with van der Waals surface area (Å²) in [6.45, 7) is 0.845. The Kier molecular flexibility index (Phi) is 5.38. The van der Waals surface area contributed by atoms with Gasteiger partial charge in [-0.3, -0.25) is 9.10 Å². The molecule has 0 unspecified atom stereocenters. The van der Waals surface area contributed by atoms with E-state index in [0.29, 0.717) is 11.3 Å². The Hall–Kier alpha value is -2.94. The van der Waals surface area contributed by atoms with Crippen molar-refractivity contribution in [2.24, 2.45) is 5.18 Å². The molecule has 0 heterocycles. The zero-order valence-corrected chi connectivity index (χ0v) is 14.4. The average molecular weight is 364 g/mol. The summed E-state index contributed by atoms with van der Waals surface area (Å²) >= 11 is 0. The van der Waals surface area contributed by atoms with Crippen LogP contribution in [0, 0.1) is 11.8 Å². The first-order chi connectivity index (χ1) is 11.8. The van der Waals surface area contributed by atoms with E-state index in [-0.39, 0.29) is 16.3 Å². The van der Waals surface area contributed by atoms with Gasteiger partial charge < -0.3 is 9.84 Å². The molecule has 2 rings (SSSR count). The van der Waals surface area contributed by atoms with E-state index in [0.717, 1.165) is 10.4 Å². The van der Waals surface area contributed by atoms with Crippen LogP contribution in [-0.2, 0) is 14.8 Å². The SMILES string of the molecule is COc1ccc(N(CC(=O)O)S(=O)(=O)c2ccc(C)c(N=O)c2)cc1. The molecule has 0 saturated carbocycles. The topological polar surface area (TPSA) is 113 Å². The Bertz CT molecular complexity index is 893. The molecule has 0 spiro atoms. The smallest absolute Gasteiger partial charge is 0.324 e. The lowest BCUT2D eigenvalue weighted by Gasteiger charge is -2.23. The molecule has 0 aliphatic rings. The minimum Gasteiger partial charge on any atom is -0.497 e. The molecule has 0 fully saturated rings. The molecular weight excluding hydrogens is 348 g/mol. The first kappa shape index (κ1) is 18.4. The maximum Gasteiger partial charge on any atom is 0.324 e. The molecule has 8 nitrogen and oxygen atoms in total.